The lowest BCUT2D eigenvalue weighted by molar-refractivity contribution is -0.149. The van der Waals surface area contributed by atoms with Gasteiger partial charge in [0.25, 0.3) is 0 Å². The van der Waals surface area contributed by atoms with Gasteiger partial charge in [-0.1, -0.05) is 20.8 Å². The van der Waals surface area contributed by atoms with Gasteiger partial charge in [-0.2, -0.15) is 17.5 Å². The average molecular weight is 581 g/mol. The van der Waals surface area contributed by atoms with Crippen molar-refractivity contribution in [2.75, 3.05) is 0 Å². The van der Waals surface area contributed by atoms with Crippen molar-refractivity contribution in [3.63, 3.8) is 0 Å². The number of alkyl halides is 3. The van der Waals surface area contributed by atoms with Crippen LogP contribution in [0.1, 0.15) is 58.1 Å². The molecule has 3 saturated carbocycles. The Balaban J connectivity index is 1.27. The van der Waals surface area contributed by atoms with Crippen molar-refractivity contribution in [2.24, 2.45) is 10.4 Å². The van der Waals surface area contributed by atoms with Crippen LogP contribution in [-0.4, -0.2) is 39.2 Å². The van der Waals surface area contributed by atoms with E-state index >= 15 is 0 Å². The third kappa shape index (κ3) is 4.40. The normalized spacial score (nSPS) is 30.1. The lowest BCUT2D eigenvalue weighted by atomic mass is 9.38. The molecule has 7 nitrogen and oxygen atoms in total. The van der Waals surface area contributed by atoms with E-state index in [0.29, 0.717) is 17.0 Å². The minimum atomic E-state index is -4.42. The lowest BCUT2D eigenvalue weighted by Crippen LogP contribution is -2.77. The molecular weight excluding hydrogens is 548 g/mol. The second-order valence-electron chi connectivity index (χ2n) is 12.2. The summed E-state index contributed by atoms with van der Waals surface area (Å²) in [6.45, 7) is 8.05. The predicted octanol–water partition coefficient (Wildman–Crippen LogP) is 5.81. The van der Waals surface area contributed by atoms with Gasteiger partial charge in [-0.3, -0.25) is 9.79 Å². The largest absolute Gasteiger partial charge is 0.416 e. The van der Waals surface area contributed by atoms with Crippen molar-refractivity contribution in [1.82, 2.24) is 14.9 Å². The molecule has 1 amide bonds. The molecule has 1 saturated heterocycles. The van der Waals surface area contributed by atoms with Crippen molar-refractivity contribution in [2.45, 2.75) is 87.7 Å². The molecular formula is C28H32F4N4O3S. The molecule has 7 rings (SSSR count). The highest BCUT2D eigenvalue weighted by molar-refractivity contribution is 8.27. The van der Waals surface area contributed by atoms with Crippen LogP contribution in [0.5, 0.6) is 0 Å². The SMILES string of the molecule is CC(C)NC(=O)C1N=C(C23CC(N(Cc4ccc(C(F)(F)F)cc4)S4(c5ccc(F)cc5)OO4)(C2)C3)NC1(C)C. The zero-order valence-electron chi connectivity index (χ0n) is 22.6. The number of hydrogen-bond acceptors (Lipinski definition) is 6. The molecule has 5 aliphatic rings. The first kappa shape index (κ1) is 27.5. The second kappa shape index (κ2) is 8.91. The molecule has 2 aromatic rings. The Bertz CT molecular complexity index is 1340. The summed E-state index contributed by atoms with van der Waals surface area (Å²) in [4.78, 5) is 18.4. The van der Waals surface area contributed by atoms with Crippen LogP contribution in [0.3, 0.4) is 0 Å². The van der Waals surface area contributed by atoms with Crippen LogP contribution in [0.4, 0.5) is 17.6 Å². The van der Waals surface area contributed by atoms with E-state index in [1.165, 1.54) is 24.3 Å². The van der Waals surface area contributed by atoms with Crippen molar-refractivity contribution in [3.8, 4) is 0 Å². The molecule has 2 heterocycles. The lowest BCUT2D eigenvalue weighted by Gasteiger charge is -2.73. The number of rotatable bonds is 8. The van der Waals surface area contributed by atoms with Crippen LogP contribution in [0.2, 0.25) is 0 Å². The van der Waals surface area contributed by atoms with E-state index in [9.17, 15) is 22.4 Å². The Morgan fingerprint density at radius 3 is 2.23 bits per heavy atom. The molecule has 1 unspecified atom stereocenters. The molecule has 216 valence electrons. The smallest absolute Gasteiger partial charge is 0.366 e. The van der Waals surface area contributed by atoms with Crippen molar-refractivity contribution >= 4 is 22.5 Å². The van der Waals surface area contributed by atoms with E-state index in [0.717, 1.165) is 37.2 Å². The van der Waals surface area contributed by atoms with E-state index in [-0.39, 0.29) is 28.7 Å². The predicted molar refractivity (Wildman–Crippen MR) is 142 cm³/mol. The maximum atomic E-state index is 13.7. The monoisotopic (exact) mass is 580 g/mol. The van der Waals surface area contributed by atoms with Gasteiger partial charge in [0.05, 0.1) is 16.0 Å². The summed E-state index contributed by atoms with van der Waals surface area (Å²) in [5.74, 6) is 0.315. The number of carbonyl (C=O) groups is 1. The number of aliphatic imine (C=N–C) groups is 1. The fraction of sp³-hybridized carbons (Fsp3) is 0.500. The summed E-state index contributed by atoms with van der Waals surface area (Å²) in [7, 11) is -2.38. The summed E-state index contributed by atoms with van der Waals surface area (Å²) in [5, 5.41) is 6.46. The first-order valence-electron chi connectivity index (χ1n) is 13.3. The Kier molecular flexibility index (Phi) is 6.13. The van der Waals surface area contributed by atoms with Crippen LogP contribution < -0.4 is 10.6 Å². The molecule has 12 heteroatoms. The highest BCUT2D eigenvalue weighted by Crippen LogP contribution is 2.83. The van der Waals surface area contributed by atoms with Crippen LogP contribution in [0.15, 0.2) is 58.4 Å². The standard InChI is InChI=1S/C28H32F4N4O3S/c1-17(2)33-23(37)22-25(3,4)35-24(34-22)26-14-27(15-26,16-26)36(13-18-5-7-19(8-6-18)28(30,31)32)40(38-39-40)21-11-9-20(29)10-12-21/h5-12,17,22H,13-16H2,1-4H3,(H,33,37)(H,34,35). The Morgan fingerprint density at radius 1 is 1.10 bits per heavy atom. The number of hydrogen-bond donors (Lipinski definition) is 2. The van der Waals surface area contributed by atoms with Crippen LogP contribution in [0.25, 0.3) is 0 Å². The average Bonchev–Trinajstić information content (AvgIpc) is 3.54. The molecule has 0 aromatic heterocycles. The summed E-state index contributed by atoms with van der Waals surface area (Å²) < 4.78 is 66.6. The highest BCUT2D eigenvalue weighted by atomic mass is 32.3. The molecule has 4 fully saturated rings. The molecule has 2 N–H and O–H groups in total. The van der Waals surface area contributed by atoms with E-state index < -0.39 is 34.1 Å². The zero-order chi connectivity index (χ0) is 28.7. The first-order valence-corrected chi connectivity index (χ1v) is 14.7. The number of amidine groups is 1. The topological polar surface area (TPSA) is 81.8 Å². The molecule has 0 spiro atoms. The van der Waals surface area contributed by atoms with Gasteiger partial charge in [0.2, 0.25) is 5.91 Å². The summed E-state index contributed by atoms with van der Waals surface area (Å²) in [5.41, 5.74) is -1.13. The highest BCUT2D eigenvalue weighted by Gasteiger charge is 2.77. The number of carbonyl (C=O) groups excluding carboxylic acids is 1. The number of nitrogens with zero attached hydrogens (tertiary/aromatic N) is 2. The molecule has 1 atom stereocenters. The van der Waals surface area contributed by atoms with Crippen LogP contribution in [-0.2, 0) is 26.2 Å². The first-order chi connectivity index (χ1) is 18.7. The molecule has 40 heavy (non-hydrogen) atoms. The molecule has 0 radical (unpaired) electrons. The van der Waals surface area contributed by atoms with Gasteiger partial charge in [-0.05, 0) is 99.7 Å². The fourth-order valence-corrected chi connectivity index (χ4v) is 8.62. The van der Waals surface area contributed by atoms with Gasteiger partial charge in [-0.25, -0.2) is 4.39 Å². The number of nitrogens with one attached hydrogen (secondary N) is 2. The van der Waals surface area contributed by atoms with Gasteiger partial charge >= 0.3 is 6.18 Å². The van der Waals surface area contributed by atoms with E-state index in [2.05, 4.69) is 14.9 Å². The van der Waals surface area contributed by atoms with E-state index in [4.69, 9.17) is 13.7 Å². The Morgan fingerprint density at radius 2 is 1.70 bits per heavy atom. The third-order valence-corrected chi connectivity index (χ3v) is 10.7. The maximum absolute atomic E-state index is 13.7. The van der Waals surface area contributed by atoms with E-state index in [1.54, 1.807) is 12.1 Å². The molecule has 2 bridgehead atoms. The number of halogens is 4. The minimum Gasteiger partial charge on any atom is -0.366 e. The van der Waals surface area contributed by atoms with Crippen molar-refractivity contribution < 1.29 is 31.0 Å². The van der Waals surface area contributed by atoms with Crippen molar-refractivity contribution in [1.29, 1.82) is 0 Å². The third-order valence-electron chi connectivity index (χ3n) is 8.30. The van der Waals surface area contributed by atoms with Gasteiger partial charge in [0.1, 0.15) is 11.7 Å². The quantitative estimate of drug-likeness (QED) is 0.234. The fourth-order valence-electron chi connectivity index (χ4n) is 6.35. The summed E-state index contributed by atoms with van der Waals surface area (Å²) in [6, 6.07) is 10.5. The maximum Gasteiger partial charge on any atom is 0.416 e. The molecule has 2 aliphatic heterocycles. The second-order valence-corrected chi connectivity index (χ2v) is 14.4. The molecule has 2 aromatic carbocycles. The number of benzene rings is 2. The van der Waals surface area contributed by atoms with Gasteiger partial charge in [0, 0.05) is 23.5 Å². The minimum absolute atomic E-state index is 0.00342. The van der Waals surface area contributed by atoms with Gasteiger partial charge < -0.3 is 10.6 Å². The summed E-state index contributed by atoms with van der Waals surface area (Å²) in [6.07, 6.45) is -2.24. The Labute approximate surface area is 232 Å². The van der Waals surface area contributed by atoms with Crippen molar-refractivity contribution in [3.05, 3.63) is 65.5 Å². The van der Waals surface area contributed by atoms with Gasteiger partial charge in [0.15, 0.2) is 6.04 Å². The zero-order valence-corrected chi connectivity index (χ0v) is 23.5. The van der Waals surface area contributed by atoms with Crippen LogP contribution in [0, 0.1) is 11.2 Å². The van der Waals surface area contributed by atoms with E-state index in [1.807, 2.05) is 27.7 Å². The van der Waals surface area contributed by atoms with Crippen LogP contribution >= 0.6 is 10.8 Å². The Hall–Kier alpha value is -2.67. The summed E-state index contributed by atoms with van der Waals surface area (Å²) >= 11 is 0. The molecule has 3 aliphatic carbocycles. The number of amides is 1. The van der Waals surface area contributed by atoms with Gasteiger partial charge in [-0.15, -0.1) is 0 Å².